The molecule has 1 aromatic carbocycles. The maximum atomic E-state index is 12.9. The van der Waals surface area contributed by atoms with Crippen molar-refractivity contribution in [3.05, 3.63) is 48.4 Å². The number of amides is 1. The van der Waals surface area contributed by atoms with Crippen LogP contribution in [0.1, 0.15) is 22.3 Å². The first kappa shape index (κ1) is 21.4. The molecule has 0 saturated carbocycles. The molecule has 1 aliphatic rings. The molecular formula is C22H21N7O5. The number of aromatic nitrogens is 6. The molecule has 0 aliphatic carbocycles. The van der Waals surface area contributed by atoms with Crippen molar-refractivity contribution in [1.29, 1.82) is 0 Å². The highest BCUT2D eigenvalue weighted by atomic mass is 16.5. The van der Waals surface area contributed by atoms with Crippen molar-refractivity contribution in [2.75, 3.05) is 34.4 Å². The molecule has 3 aromatic heterocycles. The second kappa shape index (κ2) is 8.81. The summed E-state index contributed by atoms with van der Waals surface area (Å²) in [5.74, 6) is 2.10. The zero-order chi connectivity index (χ0) is 23.7. The fourth-order valence-electron chi connectivity index (χ4n) is 3.70. The van der Waals surface area contributed by atoms with Crippen LogP contribution in [0, 0.1) is 0 Å². The fourth-order valence-corrected chi connectivity index (χ4v) is 3.70. The van der Waals surface area contributed by atoms with E-state index >= 15 is 0 Å². The Morgan fingerprint density at radius 2 is 1.82 bits per heavy atom. The van der Waals surface area contributed by atoms with Gasteiger partial charge >= 0.3 is 0 Å². The maximum Gasteiger partial charge on any atom is 0.271 e. The Bertz CT molecular complexity index is 1290. The van der Waals surface area contributed by atoms with Crippen LogP contribution in [0.2, 0.25) is 0 Å². The van der Waals surface area contributed by atoms with Crippen molar-refractivity contribution < 1.29 is 23.5 Å². The van der Waals surface area contributed by atoms with Gasteiger partial charge in [0.05, 0.1) is 39.1 Å². The third-order valence-corrected chi connectivity index (χ3v) is 5.52. The number of likely N-dealkylation sites (tertiary alicyclic amines) is 1. The molecule has 174 valence electrons. The Hall–Kier alpha value is -4.48. The van der Waals surface area contributed by atoms with E-state index in [9.17, 15) is 4.79 Å². The quantitative estimate of drug-likeness (QED) is 0.433. The van der Waals surface area contributed by atoms with E-state index in [2.05, 4.69) is 30.3 Å². The number of hydrogen-bond donors (Lipinski definition) is 1. The summed E-state index contributed by atoms with van der Waals surface area (Å²) >= 11 is 0. The molecule has 0 radical (unpaired) electrons. The topological polar surface area (TPSA) is 141 Å². The summed E-state index contributed by atoms with van der Waals surface area (Å²) in [6.07, 6.45) is 4.70. The van der Waals surface area contributed by atoms with Gasteiger partial charge in [-0.25, -0.2) is 4.98 Å². The van der Waals surface area contributed by atoms with Crippen LogP contribution in [-0.4, -0.2) is 75.5 Å². The first-order chi connectivity index (χ1) is 16.6. The van der Waals surface area contributed by atoms with Crippen molar-refractivity contribution in [2.45, 2.75) is 5.92 Å². The number of nitrogens with one attached hydrogen (secondary N) is 1. The predicted molar refractivity (Wildman–Crippen MR) is 118 cm³/mol. The number of nitrogens with zero attached hydrogens (tertiary/aromatic N) is 6. The van der Waals surface area contributed by atoms with Crippen molar-refractivity contribution in [1.82, 2.24) is 35.2 Å². The lowest BCUT2D eigenvalue weighted by atomic mass is 9.99. The Morgan fingerprint density at radius 3 is 2.47 bits per heavy atom. The molecule has 1 fully saturated rings. The molecular weight excluding hydrogens is 442 g/mol. The van der Waals surface area contributed by atoms with Crippen molar-refractivity contribution in [3.8, 4) is 40.0 Å². The number of ether oxygens (including phenoxy) is 3. The second-order valence-corrected chi connectivity index (χ2v) is 7.53. The minimum atomic E-state index is -0.170. The highest BCUT2D eigenvalue weighted by Crippen LogP contribution is 2.41. The zero-order valence-corrected chi connectivity index (χ0v) is 18.7. The number of H-pyrrole nitrogens is 1. The molecule has 0 atom stereocenters. The monoisotopic (exact) mass is 463 g/mol. The summed E-state index contributed by atoms with van der Waals surface area (Å²) in [6, 6.07) is 5.24. The SMILES string of the molecule is COc1cc(-c2cc(C(=O)N3CC(c4nc(-c5cnccn5)no4)C3)[nH]n2)cc(OC)c1OC. The molecule has 12 nitrogen and oxygen atoms in total. The van der Waals surface area contributed by atoms with Gasteiger partial charge in [-0.3, -0.25) is 14.9 Å². The summed E-state index contributed by atoms with van der Waals surface area (Å²) in [4.78, 5) is 27.2. The smallest absolute Gasteiger partial charge is 0.271 e. The second-order valence-electron chi connectivity index (χ2n) is 7.53. The van der Waals surface area contributed by atoms with Crippen LogP contribution in [0.3, 0.4) is 0 Å². The molecule has 5 rings (SSSR count). The standard InChI is InChI=1S/C22H21N7O5/c1-31-17-6-12(7-18(32-2)19(17)33-3)14-8-15(27-26-14)22(30)29-10-13(11-29)21-25-20(28-34-21)16-9-23-4-5-24-16/h4-9,13H,10-11H2,1-3H3,(H,26,27). The van der Waals surface area contributed by atoms with E-state index in [0.717, 1.165) is 0 Å². The van der Waals surface area contributed by atoms with Gasteiger partial charge in [0.15, 0.2) is 11.5 Å². The van der Waals surface area contributed by atoms with Gasteiger partial charge in [-0.2, -0.15) is 10.1 Å². The summed E-state index contributed by atoms with van der Waals surface area (Å²) in [6.45, 7) is 0.916. The number of hydrogen-bond acceptors (Lipinski definition) is 10. The van der Waals surface area contributed by atoms with Crippen molar-refractivity contribution in [3.63, 3.8) is 0 Å². The van der Waals surface area contributed by atoms with Gasteiger partial charge in [0.1, 0.15) is 11.4 Å². The number of carbonyl (C=O) groups excluding carboxylic acids is 1. The molecule has 1 aliphatic heterocycles. The molecule has 34 heavy (non-hydrogen) atoms. The summed E-state index contributed by atoms with van der Waals surface area (Å²) < 4.78 is 21.5. The third-order valence-electron chi connectivity index (χ3n) is 5.52. The Kier molecular flexibility index (Phi) is 5.54. The molecule has 1 amide bonds. The number of benzene rings is 1. The van der Waals surface area contributed by atoms with Gasteiger partial charge < -0.3 is 23.6 Å². The highest BCUT2D eigenvalue weighted by Gasteiger charge is 2.37. The van der Waals surface area contributed by atoms with E-state index < -0.39 is 0 Å². The molecule has 0 bridgehead atoms. The van der Waals surface area contributed by atoms with Crippen LogP contribution >= 0.6 is 0 Å². The van der Waals surface area contributed by atoms with Gasteiger partial charge in [-0.15, -0.1) is 0 Å². The molecule has 12 heteroatoms. The average Bonchev–Trinajstić information content (AvgIpc) is 3.53. The largest absolute Gasteiger partial charge is 0.493 e. The Morgan fingerprint density at radius 1 is 1.06 bits per heavy atom. The zero-order valence-electron chi connectivity index (χ0n) is 18.7. The predicted octanol–water partition coefficient (Wildman–Crippen LogP) is 2.18. The minimum Gasteiger partial charge on any atom is -0.493 e. The van der Waals surface area contributed by atoms with Crippen LogP contribution in [0.15, 0.2) is 41.3 Å². The maximum absolute atomic E-state index is 12.9. The van der Waals surface area contributed by atoms with Crippen LogP contribution < -0.4 is 14.2 Å². The lowest BCUT2D eigenvalue weighted by molar-refractivity contribution is 0.0563. The van der Waals surface area contributed by atoms with Crippen LogP contribution in [0.4, 0.5) is 0 Å². The summed E-state index contributed by atoms with van der Waals surface area (Å²) in [5, 5.41) is 11.1. The molecule has 0 unspecified atom stereocenters. The van der Waals surface area contributed by atoms with E-state index in [-0.39, 0.29) is 11.8 Å². The van der Waals surface area contributed by atoms with Gasteiger partial charge in [0.2, 0.25) is 17.5 Å². The molecule has 1 saturated heterocycles. The van der Waals surface area contributed by atoms with Gasteiger partial charge in [-0.1, -0.05) is 5.16 Å². The molecule has 4 aromatic rings. The van der Waals surface area contributed by atoms with Crippen molar-refractivity contribution in [2.24, 2.45) is 0 Å². The lowest BCUT2D eigenvalue weighted by Crippen LogP contribution is -2.48. The van der Waals surface area contributed by atoms with E-state index in [1.54, 1.807) is 55.9 Å². The first-order valence-electron chi connectivity index (χ1n) is 10.4. The lowest BCUT2D eigenvalue weighted by Gasteiger charge is -2.36. The van der Waals surface area contributed by atoms with E-state index in [0.29, 0.717) is 64.7 Å². The summed E-state index contributed by atoms with van der Waals surface area (Å²) in [5.41, 5.74) is 2.19. The van der Waals surface area contributed by atoms with Crippen LogP contribution in [0.5, 0.6) is 17.2 Å². The minimum absolute atomic E-state index is 0.0422. The normalized spacial score (nSPS) is 13.4. The number of rotatable bonds is 7. The van der Waals surface area contributed by atoms with Crippen LogP contribution in [0.25, 0.3) is 22.8 Å². The molecule has 0 spiro atoms. The molecule has 4 heterocycles. The number of methoxy groups -OCH3 is 3. The fraction of sp³-hybridized carbons (Fsp3) is 0.273. The van der Waals surface area contributed by atoms with Crippen molar-refractivity contribution >= 4 is 5.91 Å². The number of aromatic amines is 1. The van der Waals surface area contributed by atoms with E-state index in [1.165, 1.54) is 7.11 Å². The van der Waals surface area contributed by atoms with Crippen LogP contribution in [-0.2, 0) is 0 Å². The third kappa shape index (κ3) is 3.78. The van der Waals surface area contributed by atoms with Gasteiger partial charge in [0, 0.05) is 31.0 Å². The first-order valence-corrected chi connectivity index (χ1v) is 10.4. The van der Waals surface area contributed by atoms with Gasteiger partial charge in [-0.05, 0) is 18.2 Å². The highest BCUT2D eigenvalue weighted by molar-refractivity contribution is 5.94. The summed E-state index contributed by atoms with van der Waals surface area (Å²) in [7, 11) is 4.62. The Labute approximate surface area is 193 Å². The average molecular weight is 463 g/mol. The van der Waals surface area contributed by atoms with Gasteiger partial charge in [0.25, 0.3) is 5.91 Å². The molecule has 1 N–H and O–H groups in total. The Balaban J connectivity index is 1.27. The number of carbonyl (C=O) groups is 1. The van der Waals surface area contributed by atoms with E-state index in [1.807, 2.05) is 0 Å². The van der Waals surface area contributed by atoms with E-state index in [4.69, 9.17) is 18.7 Å².